The highest BCUT2D eigenvalue weighted by molar-refractivity contribution is 5.91. The second kappa shape index (κ2) is 34.9. The molecule has 0 aromatic heterocycles. The van der Waals surface area contributed by atoms with E-state index in [0.29, 0.717) is 45.9 Å². The lowest BCUT2D eigenvalue weighted by molar-refractivity contribution is -0.0642. The summed E-state index contributed by atoms with van der Waals surface area (Å²) in [5, 5.41) is 0. The smallest absolute Gasteiger partial charge is 0.338 e. The number of benzene rings is 4. The lowest BCUT2D eigenvalue weighted by Gasteiger charge is -2.32. The summed E-state index contributed by atoms with van der Waals surface area (Å²) in [5.41, 5.74) is 5.00. The Bertz CT molecular complexity index is 2210. The van der Waals surface area contributed by atoms with Crippen molar-refractivity contribution in [1.82, 2.24) is 0 Å². The Kier molecular flexibility index (Phi) is 27.0. The molecule has 8 heteroatoms. The molecular formula is C77H108O8. The van der Waals surface area contributed by atoms with Gasteiger partial charge in [-0.3, -0.25) is 0 Å². The zero-order valence-electron chi connectivity index (χ0n) is 53.1. The van der Waals surface area contributed by atoms with Crippen LogP contribution in [-0.4, -0.2) is 50.3 Å². The van der Waals surface area contributed by atoms with Gasteiger partial charge in [-0.1, -0.05) is 179 Å². The normalized spacial score (nSPS) is 23.3. The number of hydrogen-bond acceptors (Lipinski definition) is 8. The van der Waals surface area contributed by atoms with Crippen molar-refractivity contribution in [3.8, 4) is 0 Å². The van der Waals surface area contributed by atoms with E-state index >= 15 is 0 Å². The summed E-state index contributed by atoms with van der Waals surface area (Å²) in [4.78, 5) is 56.8. The van der Waals surface area contributed by atoms with Crippen LogP contribution in [0.4, 0.5) is 0 Å². The molecule has 4 fully saturated rings. The third kappa shape index (κ3) is 20.4. The molecule has 0 amide bonds. The molecule has 8 nitrogen and oxygen atoms in total. The molecule has 0 atom stereocenters. The first-order chi connectivity index (χ1) is 41.5. The van der Waals surface area contributed by atoms with Crippen LogP contribution < -0.4 is 0 Å². The lowest BCUT2D eigenvalue weighted by atomic mass is 9.77. The van der Waals surface area contributed by atoms with E-state index in [1.165, 1.54) is 176 Å². The molecule has 0 unspecified atom stereocenters. The van der Waals surface area contributed by atoms with Gasteiger partial charge in [0.15, 0.2) is 0 Å². The maximum absolute atomic E-state index is 14.2. The summed E-state index contributed by atoms with van der Waals surface area (Å²) in [5.74, 6) is 2.78. The van der Waals surface area contributed by atoms with Crippen molar-refractivity contribution in [1.29, 1.82) is 0 Å². The van der Waals surface area contributed by atoms with E-state index in [1.54, 1.807) is 0 Å². The third-order valence-corrected chi connectivity index (χ3v) is 20.8. The summed E-state index contributed by atoms with van der Waals surface area (Å²) in [7, 11) is 0. The molecule has 0 radical (unpaired) electrons. The van der Waals surface area contributed by atoms with Crippen molar-refractivity contribution in [3.05, 3.63) is 142 Å². The number of hydrogen-bond donors (Lipinski definition) is 0. The first kappa shape index (κ1) is 65.7. The van der Waals surface area contributed by atoms with E-state index in [4.69, 9.17) is 18.9 Å². The van der Waals surface area contributed by atoms with Crippen molar-refractivity contribution in [3.63, 3.8) is 0 Å². The Balaban J connectivity index is 0.985. The number of ether oxygens (including phenoxy) is 4. The van der Waals surface area contributed by atoms with Crippen LogP contribution in [0.25, 0.3) is 0 Å². The van der Waals surface area contributed by atoms with E-state index in [-0.39, 0.29) is 26.4 Å². The van der Waals surface area contributed by atoms with Crippen LogP contribution in [-0.2, 0) is 18.9 Å². The van der Waals surface area contributed by atoms with Gasteiger partial charge >= 0.3 is 23.9 Å². The quantitative estimate of drug-likeness (QED) is 0.0270. The fourth-order valence-electron chi connectivity index (χ4n) is 14.9. The summed E-state index contributed by atoms with van der Waals surface area (Å²) >= 11 is 0. The first-order valence-corrected chi connectivity index (χ1v) is 34.6. The van der Waals surface area contributed by atoms with Gasteiger partial charge in [0, 0.05) is 0 Å². The molecule has 0 heterocycles. The minimum atomic E-state index is -1.48. The van der Waals surface area contributed by atoms with Crippen LogP contribution >= 0.6 is 0 Å². The monoisotopic (exact) mass is 1160 g/mol. The highest BCUT2D eigenvalue weighted by Gasteiger charge is 2.39. The molecule has 85 heavy (non-hydrogen) atoms. The highest BCUT2D eigenvalue weighted by atomic mass is 16.6. The Hall–Kier alpha value is -5.24. The Morgan fingerprint density at radius 2 is 0.482 bits per heavy atom. The standard InChI is InChI=1S/C77H108O8/c1-5-9-13-17-57-21-29-61(30-22-57)65-37-45-69(46-38-65)73(78)82-53-77(54-83-74(79)70-47-39-66(40-48-70)62-31-23-58(24-32-62)18-14-10-6-2,55-84-75(80)71-49-41-67(42-50-71)63-33-25-59(26-34-63)19-15-11-7-3)56-85-76(81)72-51-43-68(44-52-72)64-35-27-60(28-36-64)20-16-12-8-4/h37-52,57-64H,5-36,53-56H2,1-4H3. The number of unbranched alkanes of at least 4 members (excludes halogenated alkanes) is 8. The maximum Gasteiger partial charge on any atom is 0.338 e. The molecule has 4 aromatic carbocycles. The lowest BCUT2D eigenvalue weighted by Crippen LogP contribution is -2.44. The molecule has 464 valence electrons. The second-order valence-corrected chi connectivity index (χ2v) is 27.1. The summed E-state index contributed by atoms with van der Waals surface area (Å²) in [6.45, 7) is 7.62. The largest absolute Gasteiger partial charge is 0.461 e. The predicted octanol–water partition coefficient (Wildman–Crippen LogP) is 20.8. The molecule has 0 N–H and O–H groups in total. The Morgan fingerprint density at radius 3 is 0.659 bits per heavy atom. The minimum Gasteiger partial charge on any atom is -0.461 e. The first-order valence-electron chi connectivity index (χ1n) is 34.6. The fourth-order valence-corrected chi connectivity index (χ4v) is 14.9. The molecule has 0 spiro atoms. The van der Waals surface area contributed by atoms with Gasteiger partial charge in [-0.25, -0.2) is 19.2 Å². The summed E-state index contributed by atoms with van der Waals surface area (Å²) in [6.07, 6.45) is 39.8. The van der Waals surface area contributed by atoms with Gasteiger partial charge in [-0.2, -0.15) is 0 Å². The zero-order chi connectivity index (χ0) is 59.6. The summed E-state index contributed by atoms with van der Waals surface area (Å²) in [6, 6.07) is 31.1. The van der Waals surface area contributed by atoms with Gasteiger partial charge in [-0.05, 0) is 221 Å². The van der Waals surface area contributed by atoms with Gasteiger partial charge in [-0.15, -0.1) is 0 Å². The van der Waals surface area contributed by atoms with Gasteiger partial charge < -0.3 is 18.9 Å². The molecule has 0 bridgehead atoms. The van der Waals surface area contributed by atoms with Crippen molar-refractivity contribution in [2.45, 2.75) is 257 Å². The average molecular weight is 1160 g/mol. The van der Waals surface area contributed by atoms with E-state index in [0.717, 1.165) is 75.0 Å². The summed E-state index contributed by atoms with van der Waals surface area (Å²) < 4.78 is 24.8. The molecule has 4 aromatic rings. The second-order valence-electron chi connectivity index (χ2n) is 27.1. The number of carbonyl (C=O) groups is 4. The molecule has 0 aliphatic heterocycles. The molecule has 0 saturated heterocycles. The van der Waals surface area contributed by atoms with E-state index in [9.17, 15) is 19.2 Å². The Morgan fingerprint density at radius 1 is 0.294 bits per heavy atom. The van der Waals surface area contributed by atoms with Crippen LogP contribution in [0.15, 0.2) is 97.1 Å². The zero-order valence-corrected chi connectivity index (χ0v) is 53.1. The van der Waals surface area contributed by atoms with Gasteiger partial charge in [0.05, 0.1) is 22.3 Å². The van der Waals surface area contributed by atoms with E-state index in [1.807, 2.05) is 48.5 Å². The van der Waals surface area contributed by atoms with Gasteiger partial charge in [0.25, 0.3) is 0 Å². The molecular weight excluding hydrogens is 1050 g/mol. The van der Waals surface area contributed by atoms with Crippen LogP contribution in [0.5, 0.6) is 0 Å². The SMILES string of the molecule is CCCCCC1CCC(c2ccc(C(=O)OCC(COC(=O)c3ccc(C4CCC(CCCCC)CC4)cc3)(COC(=O)c3ccc(C4CCC(CCCCC)CC4)cc3)COC(=O)c3ccc(C4CCC(CCCCC)CC4)cc3)cc2)CC1. The predicted molar refractivity (Wildman–Crippen MR) is 345 cm³/mol. The van der Waals surface area contributed by atoms with Crippen LogP contribution in [0.1, 0.15) is 321 Å². The van der Waals surface area contributed by atoms with Crippen molar-refractivity contribution in [2.75, 3.05) is 26.4 Å². The van der Waals surface area contributed by atoms with Crippen molar-refractivity contribution < 1.29 is 38.1 Å². The third-order valence-electron chi connectivity index (χ3n) is 20.8. The topological polar surface area (TPSA) is 105 Å². The number of esters is 4. The highest BCUT2D eigenvalue weighted by Crippen LogP contribution is 2.42. The van der Waals surface area contributed by atoms with Crippen LogP contribution in [0, 0.1) is 29.1 Å². The number of carbonyl (C=O) groups excluding carboxylic acids is 4. The minimum absolute atomic E-state index is 0.358. The molecule has 4 aliphatic rings. The van der Waals surface area contributed by atoms with E-state index < -0.39 is 29.3 Å². The number of rotatable bonds is 32. The fraction of sp³-hybridized carbons (Fsp3) is 0.636. The Labute approximate surface area is 513 Å². The molecule has 4 aliphatic carbocycles. The molecule has 8 rings (SSSR count). The average Bonchev–Trinajstić information content (AvgIpc) is 3.72. The van der Waals surface area contributed by atoms with E-state index in [2.05, 4.69) is 76.2 Å². The van der Waals surface area contributed by atoms with Crippen LogP contribution in [0.2, 0.25) is 0 Å². The molecule has 4 saturated carbocycles. The van der Waals surface area contributed by atoms with Crippen LogP contribution in [0.3, 0.4) is 0 Å². The van der Waals surface area contributed by atoms with Crippen molar-refractivity contribution >= 4 is 23.9 Å². The van der Waals surface area contributed by atoms with Gasteiger partial charge in [0.1, 0.15) is 31.8 Å². The maximum atomic E-state index is 14.2. The van der Waals surface area contributed by atoms with Gasteiger partial charge in [0.2, 0.25) is 0 Å². The van der Waals surface area contributed by atoms with Crippen molar-refractivity contribution in [2.24, 2.45) is 29.1 Å².